The van der Waals surface area contributed by atoms with E-state index < -0.39 is 17.8 Å². The molecule has 0 aliphatic rings. The zero-order valence-corrected chi connectivity index (χ0v) is 10.2. The van der Waals surface area contributed by atoms with Gasteiger partial charge in [-0.15, -0.1) is 0 Å². The number of hydrogen-bond donors (Lipinski definition) is 3. The van der Waals surface area contributed by atoms with Crippen LogP contribution >= 0.6 is 0 Å². The van der Waals surface area contributed by atoms with Crippen LogP contribution in [0.3, 0.4) is 0 Å². The lowest BCUT2D eigenvalue weighted by Crippen LogP contribution is -2.28. The minimum Gasteiger partial charge on any atom is -0.478 e. The van der Waals surface area contributed by atoms with Gasteiger partial charge in [-0.3, -0.25) is 0 Å². The molecule has 1 aromatic heterocycles. The largest absolute Gasteiger partial charge is 0.478 e. The zero-order chi connectivity index (χ0) is 14.5. The fourth-order valence-corrected chi connectivity index (χ4v) is 1.50. The smallest absolute Gasteiger partial charge is 0.335 e. The molecule has 2 rings (SSSR count). The lowest BCUT2D eigenvalue weighted by atomic mass is 10.2. The van der Waals surface area contributed by atoms with Gasteiger partial charge in [0.05, 0.1) is 24.1 Å². The summed E-state index contributed by atoms with van der Waals surface area (Å²) >= 11 is 0. The molecule has 0 fully saturated rings. The van der Waals surface area contributed by atoms with E-state index in [1.165, 1.54) is 6.26 Å². The van der Waals surface area contributed by atoms with E-state index >= 15 is 0 Å². The van der Waals surface area contributed by atoms with E-state index in [-0.39, 0.29) is 17.8 Å². The van der Waals surface area contributed by atoms with Crippen molar-refractivity contribution in [2.75, 3.05) is 5.32 Å². The van der Waals surface area contributed by atoms with Crippen molar-refractivity contribution < 1.29 is 23.5 Å². The molecule has 0 spiro atoms. The van der Waals surface area contributed by atoms with Gasteiger partial charge in [0.25, 0.3) is 0 Å². The van der Waals surface area contributed by atoms with Gasteiger partial charge in [-0.05, 0) is 30.3 Å². The predicted molar refractivity (Wildman–Crippen MR) is 67.9 cm³/mol. The summed E-state index contributed by atoms with van der Waals surface area (Å²) in [5.74, 6) is -1.38. The van der Waals surface area contributed by atoms with Gasteiger partial charge in [-0.25, -0.2) is 14.0 Å². The molecule has 3 N–H and O–H groups in total. The van der Waals surface area contributed by atoms with Crippen LogP contribution in [0.2, 0.25) is 0 Å². The van der Waals surface area contributed by atoms with Gasteiger partial charge < -0.3 is 20.2 Å². The number of amides is 2. The number of halogens is 1. The van der Waals surface area contributed by atoms with Crippen LogP contribution in [0, 0.1) is 5.82 Å². The molecule has 0 radical (unpaired) electrons. The van der Waals surface area contributed by atoms with E-state index in [1.807, 2.05) is 0 Å². The van der Waals surface area contributed by atoms with Crippen LogP contribution < -0.4 is 10.6 Å². The van der Waals surface area contributed by atoms with Gasteiger partial charge >= 0.3 is 12.0 Å². The molecule has 0 aliphatic heterocycles. The molecule has 0 aliphatic carbocycles. The number of urea groups is 1. The maximum Gasteiger partial charge on any atom is 0.335 e. The summed E-state index contributed by atoms with van der Waals surface area (Å²) in [5.41, 5.74) is -0.324. The first-order valence-electron chi connectivity index (χ1n) is 5.66. The van der Waals surface area contributed by atoms with E-state index in [9.17, 15) is 14.0 Å². The van der Waals surface area contributed by atoms with Crippen LogP contribution in [-0.2, 0) is 6.54 Å². The molecule has 20 heavy (non-hydrogen) atoms. The topological polar surface area (TPSA) is 91.6 Å². The van der Waals surface area contributed by atoms with Crippen LogP contribution in [0.4, 0.5) is 14.9 Å². The summed E-state index contributed by atoms with van der Waals surface area (Å²) in [4.78, 5) is 22.3. The number of carboxylic acid groups (broad SMARTS) is 1. The van der Waals surface area contributed by atoms with Gasteiger partial charge in [-0.1, -0.05) is 0 Å². The first kappa shape index (κ1) is 13.6. The number of hydrogen-bond acceptors (Lipinski definition) is 3. The third kappa shape index (κ3) is 3.35. The number of aromatic carboxylic acids is 1. The number of furan rings is 1. The van der Waals surface area contributed by atoms with E-state index in [2.05, 4.69) is 10.6 Å². The van der Waals surface area contributed by atoms with Crippen LogP contribution in [0.5, 0.6) is 0 Å². The highest BCUT2D eigenvalue weighted by Crippen LogP contribution is 2.16. The summed E-state index contributed by atoms with van der Waals surface area (Å²) in [7, 11) is 0. The van der Waals surface area contributed by atoms with Crippen molar-refractivity contribution >= 4 is 17.7 Å². The Bertz CT molecular complexity index is 625. The average Bonchev–Trinajstić information content (AvgIpc) is 2.92. The molecule has 0 bridgehead atoms. The highest BCUT2D eigenvalue weighted by atomic mass is 19.1. The van der Waals surface area contributed by atoms with Crippen molar-refractivity contribution in [3.63, 3.8) is 0 Å². The maximum atomic E-state index is 13.5. The fourth-order valence-electron chi connectivity index (χ4n) is 1.50. The molecule has 1 heterocycles. The second-order valence-electron chi connectivity index (χ2n) is 3.89. The third-order valence-electron chi connectivity index (χ3n) is 2.46. The van der Waals surface area contributed by atoms with E-state index in [1.54, 1.807) is 12.1 Å². The van der Waals surface area contributed by atoms with Gasteiger partial charge in [0, 0.05) is 0 Å². The normalized spacial score (nSPS) is 10.1. The molecule has 6 nitrogen and oxygen atoms in total. The molecule has 2 aromatic rings. The monoisotopic (exact) mass is 278 g/mol. The van der Waals surface area contributed by atoms with E-state index in [0.29, 0.717) is 5.76 Å². The van der Waals surface area contributed by atoms with Crippen LogP contribution in [0.25, 0.3) is 0 Å². The van der Waals surface area contributed by atoms with E-state index in [4.69, 9.17) is 9.52 Å². The van der Waals surface area contributed by atoms with Crippen molar-refractivity contribution in [3.05, 3.63) is 53.7 Å². The third-order valence-corrected chi connectivity index (χ3v) is 2.46. The first-order valence-corrected chi connectivity index (χ1v) is 5.66. The van der Waals surface area contributed by atoms with Crippen LogP contribution in [0.15, 0.2) is 41.0 Å². The Morgan fingerprint density at radius 1 is 1.30 bits per heavy atom. The number of anilines is 1. The quantitative estimate of drug-likeness (QED) is 0.801. The molecule has 0 unspecified atom stereocenters. The SMILES string of the molecule is O=C(NCc1ccco1)Nc1cc(C(=O)O)ccc1F. The fraction of sp³-hybridized carbons (Fsp3) is 0.0769. The summed E-state index contributed by atoms with van der Waals surface area (Å²) < 4.78 is 18.5. The number of rotatable bonds is 4. The highest BCUT2D eigenvalue weighted by Gasteiger charge is 2.11. The molecule has 1 aromatic carbocycles. The molecular weight excluding hydrogens is 267 g/mol. The second-order valence-corrected chi connectivity index (χ2v) is 3.89. The number of carbonyl (C=O) groups is 2. The molecular formula is C13H11FN2O4. The van der Waals surface area contributed by atoms with Crippen molar-refractivity contribution in [2.24, 2.45) is 0 Å². The molecule has 104 valence electrons. The van der Waals surface area contributed by atoms with Crippen molar-refractivity contribution in [3.8, 4) is 0 Å². The second kappa shape index (κ2) is 5.87. The Hall–Kier alpha value is -2.83. The molecule has 0 atom stereocenters. The van der Waals surface area contributed by atoms with Crippen LogP contribution in [-0.4, -0.2) is 17.1 Å². The average molecular weight is 278 g/mol. The van der Waals surface area contributed by atoms with Crippen LogP contribution in [0.1, 0.15) is 16.1 Å². The predicted octanol–water partition coefficient (Wildman–Crippen LogP) is 2.44. The minimum atomic E-state index is -1.20. The van der Waals surface area contributed by atoms with Crippen molar-refractivity contribution in [1.29, 1.82) is 0 Å². The Morgan fingerprint density at radius 2 is 2.10 bits per heavy atom. The molecule has 0 saturated heterocycles. The molecule has 7 heteroatoms. The highest BCUT2D eigenvalue weighted by molar-refractivity contribution is 5.93. The summed E-state index contributed by atoms with van der Waals surface area (Å²) in [5, 5.41) is 13.5. The Balaban J connectivity index is 2.00. The van der Waals surface area contributed by atoms with Gasteiger partial charge in [0.15, 0.2) is 0 Å². The first-order chi connectivity index (χ1) is 9.56. The Labute approximate surface area is 113 Å². The van der Waals surface area contributed by atoms with Crippen molar-refractivity contribution in [1.82, 2.24) is 5.32 Å². The Morgan fingerprint density at radius 3 is 2.75 bits per heavy atom. The van der Waals surface area contributed by atoms with Gasteiger partial charge in [0.2, 0.25) is 0 Å². The summed E-state index contributed by atoms with van der Waals surface area (Å²) in [6.07, 6.45) is 1.46. The summed E-state index contributed by atoms with van der Waals surface area (Å²) in [6, 6.07) is 5.82. The lowest BCUT2D eigenvalue weighted by Gasteiger charge is -2.08. The van der Waals surface area contributed by atoms with Crippen molar-refractivity contribution in [2.45, 2.75) is 6.54 Å². The van der Waals surface area contributed by atoms with Gasteiger partial charge in [0.1, 0.15) is 11.6 Å². The standard InChI is InChI=1S/C13H11FN2O4/c14-10-4-3-8(12(17)18)6-11(10)16-13(19)15-7-9-2-1-5-20-9/h1-6H,7H2,(H,17,18)(H2,15,16,19). The maximum absolute atomic E-state index is 13.5. The number of carboxylic acids is 1. The lowest BCUT2D eigenvalue weighted by molar-refractivity contribution is 0.0697. The zero-order valence-electron chi connectivity index (χ0n) is 10.2. The molecule has 0 saturated carbocycles. The number of benzene rings is 1. The Kier molecular flexibility index (Phi) is 3.99. The number of carbonyl (C=O) groups excluding carboxylic acids is 1. The van der Waals surface area contributed by atoms with E-state index in [0.717, 1.165) is 18.2 Å². The number of nitrogens with one attached hydrogen (secondary N) is 2. The molecule has 2 amide bonds. The minimum absolute atomic E-state index is 0.118. The summed E-state index contributed by atoms with van der Waals surface area (Å²) in [6.45, 7) is 0.138. The van der Waals surface area contributed by atoms with Gasteiger partial charge in [-0.2, -0.15) is 0 Å².